The number of hydrogen-bond acceptors (Lipinski definition) is 4. The highest BCUT2D eigenvalue weighted by Gasteiger charge is 2.36. The number of ketones is 1. The van der Waals surface area contributed by atoms with Crippen molar-refractivity contribution in [2.45, 2.75) is 38.6 Å². The molecule has 0 saturated heterocycles. The monoisotopic (exact) mass is 458 g/mol. The molecule has 0 saturated carbocycles. The third-order valence-corrected chi connectivity index (χ3v) is 6.74. The van der Waals surface area contributed by atoms with Gasteiger partial charge in [0.25, 0.3) is 0 Å². The molecule has 0 radical (unpaired) electrons. The van der Waals surface area contributed by atoms with Crippen molar-refractivity contribution >= 4 is 28.8 Å². The van der Waals surface area contributed by atoms with Crippen LogP contribution in [0.4, 0.5) is 11.4 Å². The number of halogens is 1. The van der Waals surface area contributed by atoms with E-state index in [2.05, 4.69) is 41.8 Å². The smallest absolute Gasteiger partial charge is 0.163 e. The summed E-state index contributed by atoms with van der Waals surface area (Å²) in [4.78, 5) is 13.6. The summed E-state index contributed by atoms with van der Waals surface area (Å²) in [6.45, 7) is 4.56. The Hall–Kier alpha value is -3.24. The summed E-state index contributed by atoms with van der Waals surface area (Å²) in [6, 6.07) is 22.1. The predicted octanol–water partition coefficient (Wildman–Crippen LogP) is 7.03. The van der Waals surface area contributed by atoms with Gasteiger partial charge in [-0.15, -0.1) is 0 Å². The third kappa shape index (κ3) is 4.23. The molecule has 2 N–H and O–H groups in total. The number of benzene rings is 3. The number of hydrogen-bond donors (Lipinski definition) is 2. The van der Waals surface area contributed by atoms with Gasteiger partial charge in [0.1, 0.15) is 5.75 Å². The molecular weight excluding hydrogens is 432 g/mol. The normalized spacial score (nSPS) is 19.7. The molecule has 1 heterocycles. The Morgan fingerprint density at radius 2 is 1.70 bits per heavy atom. The summed E-state index contributed by atoms with van der Waals surface area (Å²) >= 11 is 6.53. The molecule has 168 valence electrons. The molecule has 0 spiro atoms. The van der Waals surface area contributed by atoms with Gasteiger partial charge in [0, 0.05) is 17.7 Å². The number of allylic oxidation sites excluding steroid dienone is 1. The Morgan fingerprint density at radius 3 is 2.42 bits per heavy atom. The van der Waals surface area contributed by atoms with E-state index in [1.165, 1.54) is 11.1 Å². The maximum absolute atomic E-state index is 13.6. The van der Waals surface area contributed by atoms with E-state index in [-0.39, 0.29) is 17.7 Å². The van der Waals surface area contributed by atoms with Crippen LogP contribution in [-0.4, -0.2) is 12.4 Å². The molecule has 3 aromatic carbocycles. The lowest BCUT2D eigenvalue weighted by Gasteiger charge is -2.30. The van der Waals surface area contributed by atoms with Crippen LogP contribution in [0.1, 0.15) is 48.4 Å². The van der Waals surface area contributed by atoms with E-state index in [0.717, 1.165) is 34.6 Å². The zero-order valence-corrected chi connectivity index (χ0v) is 19.6. The predicted molar refractivity (Wildman–Crippen MR) is 134 cm³/mol. The van der Waals surface area contributed by atoms with Gasteiger partial charge in [0.2, 0.25) is 0 Å². The van der Waals surface area contributed by atoms with Crippen molar-refractivity contribution in [3.63, 3.8) is 0 Å². The second-order valence-electron chi connectivity index (χ2n) is 8.70. The van der Waals surface area contributed by atoms with E-state index in [4.69, 9.17) is 16.3 Å². The van der Waals surface area contributed by atoms with Crippen LogP contribution in [0, 0.1) is 6.92 Å². The first-order valence-corrected chi connectivity index (χ1v) is 11.8. The highest BCUT2D eigenvalue weighted by molar-refractivity contribution is 6.32. The van der Waals surface area contributed by atoms with Crippen LogP contribution in [-0.2, 0) is 4.79 Å². The van der Waals surface area contributed by atoms with Crippen molar-refractivity contribution in [3.8, 4) is 5.75 Å². The fraction of sp³-hybridized carbons (Fsp3) is 0.250. The number of rotatable bonds is 4. The minimum absolute atomic E-state index is 0.152. The van der Waals surface area contributed by atoms with Gasteiger partial charge in [-0.3, -0.25) is 4.79 Å². The van der Waals surface area contributed by atoms with E-state index < -0.39 is 0 Å². The number of ether oxygens (including phenoxy) is 1. The van der Waals surface area contributed by atoms with Crippen LogP contribution in [0.5, 0.6) is 5.75 Å². The summed E-state index contributed by atoms with van der Waals surface area (Å²) in [6.07, 6.45) is 1.27. The average Bonchev–Trinajstić information content (AvgIpc) is 2.98. The summed E-state index contributed by atoms with van der Waals surface area (Å²) < 4.78 is 5.62. The number of anilines is 2. The lowest BCUT2D eigenvalue weighted by molar-refractivity contribution is -0.116. The van der Waals surface area contributed by atoms with Gasteiger partial charge in [-0.05, 0) is 61.6 Å². The van der Waals surface area contributed by atoms with Crippen LogP contribution >= 0.6 is 11.6 Å². The first-order chi connectivity index (χ1) is 16.0. The fourth-order valence-electron chi connectivity index (χ4n) is 4.79. The second-order valence-corrected chi connectivity index (χ2v) is 9.11. The molecule has 1 aliphatic heterocycles. The number of Topliss-reactive ketones (excluding diaryl/α,β-unsaturated/α-hetero) is 1. The highest BCUT2D eigenvalue weighted by Crippen LogP contribution is 2.45. The Labute approximate surface area is 199 Å². The minimum atomic E-state index is -0.296. The topological polar surface area (TPSA) is 50.4 Å². The molecule has 0 aromatic heterocycles. The van der Waals surface area contributed by atoms with Gasteiger partial charge in [-0.1, -0.05) is 59.6 Å². The quantitative estimate of drug-likeness (QED) is 0.440. The van der Waals surface area contributed by atoms with E-state index >= 15 is 0 Å². The van der Waals surface area contributed by atoms with Crippen molar-refractivity contribution in [2.24, 2.45) is 0 Å². The lowest BCUT2D eigenvalue weighted by Crippen LogP contribution is -2.26. The van der Waals surface area contributed by atoms with Crippen molar-refractivity contribution in [2.75, 3.05) is 17.2 Å². The molecule has 5 rings (SSSR count). The number of fused-ring (bicyclic) bond motifs is 1. The molecular formula is C28H27ClN2O2. The maximum atomic E-state index is 13.6. The van der Waals surface area contributed by atoms with Crippen LogP contribution < -0.4 is 15.4 Å². The third-order valence-electron chi connectivity index (χ3n) is 6.45. The summed E-state index contributed by atoms with van der Waals surface area (Å²) in [5.74, 6) is 0.961. The van der Waals surface area contributed by atoms with Gasteiger partial charge < -0.3 is 15.4 Å². The van der Waals surface area contributed by atoms with E-state index in [1.54, 1.807) is 0 Å². The maximum Gasteiger partial charge on any atom is 0.163 e. The molecule has 0 bridgehead atoms. The molecule has 2 atom stereocenters. The Kier molecular flexibility index (Phi) is 5.86. The lowest BCUT2D eigenvalue weighted by atomic mass is 9.78. The Balaban J connectivity index is 1.58. The van der Waals surface area contributed by atoms with E-state index in [9.17, 15) is 4.79 Å². The van der Waals surface area contributed by atoms with Crippen LogP contribution in [0.15, 0.2) is 78.0 Å². The largest absolute Gasteiger partial charge is 0.492 e. The van der Waals surface area contributed by atoms with Crippen molar-refractivity contribution in [3.05, 3.63) is 99.7 Å². The molecule has 5 heteroatoms. The van der Waals surface area contributed by atoms with E-state index in [1.807, 2.05) is 49.4 Å². The SMILES string of the molecule is CCOc1ccc(C2Nc3ccccc3NC3=C2C(=O)CC(c2ccc(C)cc2)C3)cc1Cl. The summed E-state index contributed by atoms with van der Waals surface area (Å²) in [5, 5.41) is 7.74. The number of carbonyl (C=O) groups is 1. The summed E-state index contributed by atoms with van der Waals surface area (Å²) in [5.41, 5.74) is 7.06. The first kappa shape index (κ1) is 21.6. The van der Waals surface area contributed by atoms with Gasteiger partial charge in [-0.25, -0.2) is 0 Å². The zero-order valence-electron chi connectivity index (χ0n) is 18.8. The average molecular weight is 459 g/mol. The number of nitrogens with one attached hydrogen (secondary N) is 2. The molecule has 2 unspecified atom stereocenters. The molecule has 3 aromatic rings. The minimum Gasteiger partial charge on any atom is -0.492 e. The molecule has 0 amide bonds. The Morgan fingerprint density at radius 1 is 0.970 bits per heavy atom. The molecule has 0 fully saturated rings. The van der Waals surface area contributed by atoms with Crippen LogP contribution in [0.25, 0.3) is 0 Å². The molecule has 2 aliphatic rings. The number of para-hydroxylation sites is 2. The molecule has 4 nitrogen and oxygen atoms in total. The van der Waals surface area contributed by atoms with Crippen molar-refractivity contribution in [1.82, 2.24) is 0 Å². The van der Waals surface area contributed by atoms with Gasteiger partial charge in [0.05, 0.1) is 29.0 Å². The van der Waals surface area contributed by atoms with Crippen molar-refractivity contribution in [1.29, 1.82) is 0 Å². The fourth-order valence-corrected chi connectivity index (χ4v) is 5.03. The zero-order chi connectivity index (χ0) is 22.9. The van der Waals surface area contributed by atoms with Gasteiger partial charge >= 0.3 is 0 Å². The van der Waals surface area contributed by atoms with Gasteiger partial charge in [-0.2, -0.15) is 0 Å². The van der Waals surface area contributed by atoms with Crippen molar-refractivity contribution < 1.29 is 9.53 Å². The first-order valence-electron chi connectivity index (χ1n) is 11.4. The second kappa shape index (κ2) is 8.95. The van der Waals surface area contributed by atoms with Gasteiger partial charge in [0.15, 0.2) is 5.78 Å². The van der Waals surface area contributed by atoms with E-state index in [0.29, 0.717) is 23.8 Å². The highest BCUT2D eigenvalue weighted by atomic mass is 35.5. The van der Waals surface area contributed by atoms with Crippen LogP contribution in [0.3, 0.4) is 0 Å². The molecule has 33 heavy (non-hydrogen) atoms. The standard InChI is InChI=1S/C28H27ClN2O2/c1-3-33-26-13-12-19(14-21(26)29)28-27-24(30-22-6-4-5-7-23(22)31-28)15-20(16-25(27)32)18-10-8-17(2)9-11-18/h4-14,20,28,30-31H,3,15-16H2,1-2H3. The number of aryl methyl sites for hydroxylation is 1. The summed E-state index contributed by atoms with van der Waals surface area (Å²) in [7, 11) is 0. The Bertz CT molecular complexity index is 1230. The molecule has 1 aliphatic carbocycles. The van der Waals surface area contributed by atoms with Crippen LogP contribution in [0.2, 0.25) is 5.02 Å². The number of carbonyl (C=O) groups excluding carboxylic acids is 1.